The van der Waals surface area contributed by atoms with Gasteiger partial charge in [0.25, 0.3) is 0 Å². The number of hydrogen-bond acceptors (Lipinski definition) is 4. The zero-order valence-corrected chi connectivity index (χ0v) is 15.5. The first-order chi connectivity index (χ1) is 13.3. The molecule has 0 amide bonds. The van der Waals surface area contributed by atoms with E-state index in [1.54, 1.807) is 12.3 Å². The van der Waals surface area contributed by atoms with E-state index in [1.807, 2.05) is 60.5 Å². The lowest BCUT2D eigenvalue weighted by atomic mass is 10.2. The minimum absolute atomic E-state index is 0.113. The second kappa shape index (κ2) is 9.43. The molecule has 0 fully saturated rings. The van der Waals surface area contributed by atoms with Crippen molar-refractivity contribution in [3.8, 4) is 11.5 Å². The second-order valence-electron chi connectivity index (χ2n) is 6.17. The van der Waals surface area contributed by atoms with E-state index in [0.29, 0.717) is 31.0 Å². The monoisotopic (exact) mass is 360 g/mol. The fourth-order valence-electron chi connectivity index (χ4n) is 2.79. The van der Waals surface area contributed by atoms with Crippen LogP contribution in [0.2, 0.25) is 0 Å². The summed E-state index contributed by atoms with van der Waals surface area (Å²) in [6.07, 6.45) is 1.68. The summed E-state index contributed by atoms with van der Waals surface area (Å²) in [6, 6.07) is 25.9. The summed E-state index contributed by atoms with van der Waals surface area (Å²) in [5, 5.41) is 17.0. The van der Waals surface area contributed by atoms with Gasteiger partial charge in [0.15, 0.2) is 11.5 Å². The quantitative estimate of drug-likeness (QED) is 0.462. The van der Waals surface area contributed by atoms with Gasteiger partial charge >= 0.3 is 0 Å². The lowest BCUT2D eigenvalue weighted by Crippen LogP contribution is -2.17. The lowest BCUT2D eigenvalue weighted by Gasteiger charge is -2.19. The molecule has 0 bridgehead atoms. The predicted octanol–water partition coefficient (Wildman–Crippen LogP) is 4.83. The number of nitrogens with zero attached hydrogens (tertiary/aromatic N) is 2. The molecule has 0 aliphatic carbocycles. The summed E-state index contributed by atoms with van der Waals surface area (Å²) in [6.45, 7) is 3.75. The number of hydrogen-bond donors (Lipinski definition) is 1. The smallest absolute Gasteiger partial charge is 0.166 e. The highest BCUT2D eigenvalue weighted by Crippen LogP contribution is 2.28. The summed E-state index contributed by atoms with van der Waals surface area (Å²) >= 11 is 0. The van der Waals surface area contributed by atoms with Crippen LogP contribution in [-0.2, 0) is 13.1 Å². The van der Waals surface area contributed by atoms with E-state index in [2.05, 4.69) is 29.4 Å². The molecule has 3 aromatic rings. The minimum atomic E-state index is 0.113. The van der Waals surface area contributed by atoms with Crippen LogP contribution < -0.4 is 4.74 Å². The molecule has 0 aliphatic heterocycles. The van der Waals surface area contributed by atoms with E-state index < -0.39 is 0 Å². The van der Waals surface area contributed by atoms with Gasteiger partial charge in [0.05, 0.1) is 25.9 Å². The minimum Gasteiger partial charge on any atom is -0.504 e. The number of phenols is 1. The highest BCUT2D eigenvalue weighted by molar-refractivity contribution is 5.84. The van der Waals surface area contributed by atoms with Crippen molar-refractivity contribution in [2.24, 2.45) is 5.10 Å². The Hall–Kier alpha value is -3.27. The third-order valence-corrected chi connectivity index (χ3v) is 4.11. The average molecular weight is 360 g/mol. The highest BCUT2D eigenvalue weighted by atomic mass is 16.5. The third-order valence-electron chi connectivity index (χ3n) is 4.11. The number of ether oxygens (including phenoxy) is 1. The van der Waals surface area contributed by atoms with Crippen molar-refractivity contribution in [1.29, 1.82) is 0 Å². The number of aromatic hydroxyl groups is 1. The van der Waals surface area contributed by atoms with Gasteiger partial charge in [0.2, 0.25) is 0 Å². The first-order valence-corrected chi connectivity index (χ1v) is 9.08. The first-order valence-electron chi connectivity index (χ1n) is 9.08. The van der Waals surface area contributed by atoms with Crippen LogP contribution in [0.4, 0.5) is 0 Å². The van der Waals surface area contributed by atoms with Gasteiger partial charge in [-0.05, 0) is 30.2 Å². The number of hydrazone groups is 1. The molecule has 27 heavy (non-hydrogen) atoms. The molecule has 0 aromatic heterocycles. The largest absolute Gasteiger partial charge is 0.504 e. The molecule has 4 heteroatoms. The van der Waals surface area contributed by atoms with E-state index in [0.717, 1.165) is 0 Å². The number of rotatable bonds is 8. The molecule has 0 spiro atoms. The van der Waals surface area contributed by atoms with Crippen molar-refractivity contribution in [3.05, 3.63) is 95.6 Å². The van der Waals surface area contributed by atoms with E-state index in [4.69, 9.17) is 4.74 Å². The van der Waals surface area contributed by atoms with Crippen molar-refractivity contribution in [2.75, 3.05) is 6.61 Å². The molecule has 0 aliphatic rings. The van der Waals surface area contributed by atoms with Crippen LogP contribution in [0.3, 0.4) is 0 Å². The van der Waals surface area contributed by atoms with E-state index in [-0.39, 0.29) is 5.75 Å². The van der Waals surface area contributed by atoms with Gasteiger partial charge in [0.1, 0.15) is 0 Å². The Labute approximate surface area is 160 Å². The SMILES string of the molecule is CCOc1cccc(/C=N/N(Cc2ccccc2)Cc2ccccc2)c1O. The van der Waals surface area contributed by atoms with Gasteiger partial charge in [-0.2, -0.15) is 5.10 Å². The Morgan fingerprint density at radius 1 is 0.852 bits per heavy atom. The van der Waals surface area contributed by atoms with Crippen molar-refractivity contribution in [2.45, 2.75) is 20.0 Å². The fraction of sp³-hybridized carbons (Fsp3) is 0.174. The van der Waals surface area contributed by atoms with Gasteiger partial charge in [-0.25, -0.2) is 0 Å². The van der Waals surface area contributed by atoms with E-state index in [1.165, 1.54) is 11.1 Å². The molecule has 138 valence electrons. The first kappa shape index (κ1) is 18.5. The molecule has 0 unspecified atom stereocenters. The maximum absolute atomic E-state index is 10.4. The normalized spacial score (nSPS) is 10.9. The van der Waals surface area contributed by atoms with Crippen LogP contribution in [0.1, 0.15) is 23.6 Å². The van der Waals surface area contributed by atoms with Crippen molar-refractivity contribution >= 4 is 6.21 Å². The molecule has 4 nitrogen and oxygen atoms in total. The van der Waals surface area contributed by atoms with Crippen LogP contribution in [0.15, 0.2) is 84.0 Å². The molecule has 0 atom stereocenters. The number of benzene rings is 3. The van der Waals surface area contributed by atoms with Crippen LogP contribution in [0.25, 0.3) is 0 Å². The fourth-order valence-corrected chi connectivity index (χ4v) is 2.79. The number of phenolic OH excluding ortho intramolecular Hbond substituents is 1. The molecule has 3 rings (SSSR count). The number of para-hydroxylation sites is 1. The van der Waals surface area contributed by atoms with E-state index in [9.17, 15) is 5.11 Å². The highest BCUT2D eigenvalue weighted by Gasteiger charge is 2.08. The standard InChI is InChI=1S/C23H24N2O2/c1-2-27-22-15-9-14-21(23(22)26)16-24-25(17-19-10-5-3-6-11-19)18-20-12-7-4-8-13-20/h3-16,26H,2,17-18H2,1H3/b24-16+. The molecule has 0 saturated heterocycles. The van der Waals surface area contributed by atoms with Crippen molar-refractivity contribution < 1.29 is 9.84 Å². The lowest BCUT2D eigenvalue weighted by molar-refractivity contribution is 0.272. The predicted molar refractivity (Wildman–Crippen MR) is 109 cm³/mol. The van der Waals surface area contributed by atoms with Gasteiger partial charge in [-0.15, -0.1) is 0 Å². The van der Waals surface area contributed by atoms with Crippen LogP contribution in [0, 0.1) is 0 Å². The maximum atomic E-state index is 10.4. The summed E-state index contributed by atoms with van der Waals surface area (Å²) in [5.74, 6) is 0.585. The van der Waals surface area contributed by atoms with Gasteiger partial charge in [-0.3, -0.25) is 5.01 Å². The maximum Gasteiger partial charge on any atom is 0.166 e. The van der Waals surface area contributed by atoms with Crippen molar-refractivity contribution in [3.63, 3.8) is 0 Å². The molecule has 0 radical (unpaired) electrons. The Balaban J connectivity index is 1.82. The van der Waals surface area contributed by atoms with Crippen molar-refractivity contribution in [1.82, 2.24) is 5.01 Å². The topological polar surface area (TPSA) is 45.1 Å². The Bertz CT molecular complexity index is 823. The van der Waals surface area contributed by atoms with Gasteiger partial charge in [-0.1, -0.05) is 66.7 Å². The zero-order valence-electron chi connectivity index (χ0n) is 15.5. The molecular weight excluding hydrogens is 336 g/mol. The van der Waals surface area contributed by atoms with E-state index >= 15 is 0 Å². The van der Waals surface area contributed by atoms with Crippen LogP contribution >= 0.6 is 0 Å². The van der Waals surface area contributed by atoms with Crippen LogP contribution in [0.5, 0.6) is 11.5 Å². The Kier molecular flexibility index (Phi) is 6.47. The molecule has 3 aromatic carbocycles. The zero-order chi connectivity index (χ0) is 18.9. The second-order valence-corrected chi connectivity index (χ2v) is 6.17. The molecule has 0 saturated carbocycles. The summed E-state index contributed by atoms with van der Waals surface area (Å²) in [7, 11) is 0. The summed E-state index contributed by atoms with van der Waals surface area (Å²) < 4.78 is 5.45. The third kappa shape index (κ3) is 5.35. The van der Waals surface area contributed by atoms with Gasteiger partial charge < -0.3 is 9.84 Å². The Morgan fingerprint density at radius 2 is 1.44 bits per heavy atom. The molecule has 1 N–H and O–H groups in total. The van der Waals surface area contributed by atoms with Gasteiger partial charge in [0, 0.05) is 5.56 Å². The summed E-state index contributed by atoms with van der Waals surface area (Å²) in [5.41, 5.74) is 2.99. The Morgan fingerprint density at radius 3 is 2.00 bits per heavy atom. The summed E-state index contributed by atoms with van der Waals surface area (Å²) in [4.78, 5) is 0. The van der Waals surface area contributed by atoms with Crippen LogP contribution in [-0.4, -0.2) is 22.9 Å². The average Bonchev–Trinajstić information content (AvgIpc) is 2.70. The molecule has 0 heterocycles. The molecular formula is C23H24N2O2.